The summed E-state index contributed by atoms with van der Waals surface area (Å²) in [6.07, 6.45) is 2.31. The van der Waals surface area contributed by atoms with E-state index in [1.54, 1.807) is 0 Å². The van der Waals surface area contributed by atoms with Crippen molar-refractivity contribution in [2.45, 2.75) is 25.9 Å². The van der Waals surface area contributed by atoms with Crippen LogP contribution in [0.2, 0.25) is 0 Å². The van der Waals surface area contributed by atoms with Crippen molar-refractivity contribution >= 4 is 5.91 Å². The van der Waals surface area contributed by atoms with Crippen LogP contribution >= 0.6 is 0 Å². The summed E-state index contributed by atoms with van der Waals surface area (Å²) in [6, 6.07) is 7.63. The van der Waals surface area contributed by atoms with E-state index in [-0.39, 0.29) is 32.4 Å². The van der Waals surface area contributed by atoms with Crippen molar-refractivity contribution in [3.8, 4) is 0 Å². The number of carbonyl (C=O) groups is 1. The SMILES string of the molecule is Cc1ccc(C(=O)NC2CCCN2)cc1.[H-].[Li+]. The van der Waals surface area contributed by atoms with Gasteiger partial charge in [0, 0.05) is 5.56 Å². The molecular weight excluding hydrogens is 195 g/mol. The van der Waals surface area contributed by atoms with E-state index in [0.29, 0.717) is 0 Å². The molecular formula is C12H17LiN2O. The molecule has 1 saturated heterocycles. The van der Waals surface area contributed by atoms with Crippen LogP contribution in [0, 0.1) is 6.92 Å². The van der Waals surface area contributed by atoms with Gasteiger partial charge in [0.15, 0.2) is 0 Å². The Morgan fingerprint density at radius 1 is 1.44 bits per heavy atom. The third-order valence-electron chi connectivity index (χ3n) is 2.68. The van der Waals surface area contributed by atoms with Gasteiger partial charge in [0.2, 0.25) is 0 Å². The topological polar surface area (TPSA) is 41.1 Å². The van der Waals surface area contributed by atoms with Gasteiger partial charge in [-0.3, -0.25) is 10.1 Å². The number of hydrogen-bond donors (Lipinski definition) is 2. The Bertz CT molecular complexity index is 350. The zero-order valence-electron chi connectivity index (χ0n) is 10.9. The molecule has 1 heterocycles. The average Bonchev–Trinajstić information content (AvgIpc) is 2.71. The fourth-order valence-corrected chi connectivity index (χ4v) is 1.75. The van der Waals surface area contributed by atoms with E-state index in [9.17, 15) is 4.79 Å². The Hall–Kier alpha value is -0.753. The quantitative estimate of drug-likeness (QED) is 0.589. The van der Waals surface area contributed by atoms with Crippen LogP contribution in [0.25, 0.3) is 0 Å². The Morgan fingerprint density at radius 3 is 2.69 bits per heavy atom. The Balaban J connectivity index is 0.00000128. The maximum absolute atomic E-state index is 11.8. The predicted molar refractivity (Wildman–Crippen MR) is 60.8 cm³/mol. The van der Waals surface area contributed by atoms with Crippen molar-refractivity contribution in [2.75, 3.05) is 6.54 Å². The van der Waals surface area contributed by atoms with Gasteiger partial charge >= 0.3 is 18.9 Å². The van der Waals surface area contributed by atoms with Gasteiger partial charge in [-0.2, -0.15) is 0 Å². The van der Waals surface area contributed by atoms with Crippen LogP contribution in [0.15, 0.2) is 24.3 Å². The standard InChI is InChI=1S/C12H16N2O.Li.H/c1-9-4-6-10(7-5-9)12(15)14-11-3-2-8-13-11;;/h4-7,11,13H,2-3,8H2,1H3,(H,14,15);;/q;+1;-1. The summed E-state index contributed by atoms with van der Waals surface area (Å²) in [5.74, 6) is 0.00870. The van der Waals surface area contributed by atoms with Gasteiger partial charge in [0.05, 0.1) is 6.17 Å². The smallest absolute Gasteiger partial charge is 1.00 e. The van der Waals surface area contributed by atoms with Crippen molar-refractivity contribution in [1.82, 2.24) is 10.6 Å². The van der Waals surface area contributed by atoms with E-state index in [0.717, 1.165) is 24.9 Å². The first-order valence-corrected chi connectivity index (χ1v) is 5.36. The molecule has 1 fully saturated rings. The molecule has 0 radical (unpaired) electrons. The van der Waals surface area contributed by atoms with E-state index in [2.05, 4.69) is 10.6 Å². The molecule has 1 aromatic rings. The Labute approximate surface area is 110 Å². The van der Waals surface area contributed by atoms with Crippen LogP contribution in [0.4, 0.5) is 0 Å². The molecule has 1 unspecified atom stereocenters. The van der Waals surface area contributed by atoms with Gasteiger partial charge in [0.1, 0.15) is 0 Å². The zero-order chi connectivity index (χ0) is 10.7. The molecule has 0 bridgehead atoms. The van der Waals surface area contributed by atoms with E-state index in [4.69, 9.17) is 0 Å². The molecule has 0 spiro atoms. The first kappa shape index (κ1) is 13.3. The van der Waals surface area contributed by atoms with Crippen molar-refractivity contribution < 1.29 is 25.1 Å². The third kappa shape index (κ3) is 3.38. The largest absolute Gasteiger partial charge is 1.00 e. The summed E-state index contributed by atoms with van der Waals surface area (Å²) < 4.78 is 0. The van der Waals surface area contributed by atoms with Gasteiger partial charge in [-0.25, -0.2) is 0 Å². The number of nitrogens with one attached hydrogen (secondary N) is 2. The molecule has 16 heavy (non-hydrogen) atoms. The van der Waals surface area contributed by atoms with E-state index in [1.165, 1.54) is 5.56 Å². The number of amides is 1. The number of rotatable bonds is 2. The Kier molecular flexibility index (Phi) is 5.07. The predicted octanol–water partition coefficient (Wildman–Crippen LogP) is -1.45. The second kappa shape index (κ2) is 6.10. The van der Waals surface area contributed by atoms with E-state index < -0.39 is 0 Å². The maximum Gasteiger partial charge on any atom is 1.00 e. The van der Waals surface area contributed by atoms with Crippen LogP contribution < -0.4 is 29.5 Å². The number of carbonyl (C=O) groups excluding carboxylic acids is 1. The van der Waals surface area contributed by atoms with E-state index >= 15 is 0 Å². The minimum absolute atomic E-state index is 0. The molecule has 1 aromatic carbocycles. The fourth-order valence-electron chi connectivity index (χ4n) is 1.75. The zero-order valence-corrected chi connectivity index (χ0v) is 9.92. The van der Waals surface area contributed by atoms with Crippen molar-refractivity contribution in [3.63, 3.8) is 0 Å². The summed E-state index contributed by atoms with van der Waals surface area (Å²) in [6.45, 7) is 3.01. The van der Waals surface area contributed by atoms with Gasteiger partial charge in [-0.05, 0) is 38.4 Å². The summed E-state index contributed by atoms with van der Waals surface area (Å²) in [5.41, 5.74) is 1.90. The summed E-state index contributed by atoms with van der Waals surface area (Å²) in [4.78, 5) is 11.8. The summed E-state index contributed by atoms with van der Waals surface area (Å²) in [7, 11) is 0. The second-order valence-electron chi connectivity index (χ2n) is 3.99. The molecule has 2 N–H and O–H groups in total. The molecule has 0 aliphatic carbocycles. The summed E-state index contributed by atoms with van der Waals surface area (Å²) in [5, 5.41) is 6.20. The van der Waals surface area contributed by atoms with Gasteiger partial charge < -0.3 is 6.74 Å². The van der Waals surface area contributed by atoms with Crippen LogP contribution in [0.3, 0.4) is 0 Å². The normalized spacial score (nSPS) is 18.9. The molecule has 82 valence electrons. The first-order chi connectivity index (χ1) is 7.25. The molecule has 1 aliphatic rings. The number of aryl methyl sites for hydroxylation is 1. The Morgan fingerprint density at radius 2 is 2.12 bits per heavy atom. The monoisotopic (exact) mass is 212 g/mol. The minimum Gasteiger partial charge on any atom is -1.00 e. The third-order valence-corrected chi connectivity index (χ3v) is 2.68. The summed E-state index contributed by atoms with van der Waals surface area (Å²) >= 11 is 0. The molecule has 0 saturated carbocycles. The molecule has 3 nitrogen and oxygen atoms in total. The molecule has 1 aliphatic heterocycles. The van der Waals surface area contributed by atoms with Crippen LogP contribution in [-0.2, 0) is 0 Å². The second-order valence-corrected chi connectivity index (χ2v) is 3.99. The van der Waals surface area contributed by atoms with Crippen LogP contribution in [0.5, 0.6) is 0 Å². The molecule has 1 amide bonds. The van der Waals surface area contributed by atoms with Crippen LogP contribution in [-0.4, -0.2) is 18.6 Å². The first-order valence-electron chi connectivity index (χ1n) is 5.36. The number of hydrogen-bond acceptors (Lipinski definition) is 2. The van der Waals surface area contributed by atoms with Gasteiger partial charge in [-0.15, -0.1) is 0 Å². The minimum atomic E-state index is 0. The maximum atomic E-state index is 11.8. The molecule has 1 atom stereocenters. The number of benzene rings is 1. The van der Waals surface area contributed by atoms with Crippen molar-refractivity contribution in [3.05, 3.63) is 35.4 Å². The molecule has 2 rings (SSSR count). The van der Waals surface area contributed by atoms with E-state index in [1.807, 2.05) is 31.2 Å². The van der Waals surface area contributed by atoms with Crippen molar-refractivity contribution in [1.29, 1.82) is 0 Å². The van der Waals surface area contributed by atoms with Crippen molar-refractivity contribution in [2.24, 2.45) is 0 Å². The average molecular weight is 212 g/mol. The molecule has 0 aromatic heterocycles. The molecule has 4 heteroatoms. The fraction of sp³-hybridized carbons (Fsp3) is 0.417. The van der Waals surface area contributed by atoms with Gasteiger partial charge in [-0.1, -0.05) is 17.7 Å². The van der Waals surface area contributed by atoms with Crippen LogP contribution in [0.1, 0.15) is 30.2 Å². The van der Waals surface area contributed by atoms with Gasteiger partial charge in [0.25, 0.3) is 5.91 Å².